The number of para-hydroxylation sites is 1. The summed E-state index contributed by atoms with van der Waals surface area (Å²) in [5.41, 5.74) is 4.15. The maximum atomic E-state index is 13.3. The van der Waals surface area contributed by atoms with E-state index in [1.54, 1.807) is 35.0 Å². The van der Waals surface area contributed by atoms with Crippen molar-refractivity contribution in [1.29, 1.82) is 0 Å². The summed E-state index contributed by atoms with van der Waals surface area (Å²) >= 11 is 0. The zero-order chi connectivity index (χ0) is 24.7. The first-order valence-corrected chi connectivity index (χ1v) is 11.9. The number of nitrogens with zero attached hydrogens (tertiary/aromatic N) is 3. The van der Waals surface area contributed by atoms with E-state index in [1.807, 2.05) is 60.7 Å². The van der Waals surface area contributed by atoms with Gasteiger partial charge < -0.3 is 15.4 Å². The second-order valence-corrected chi connectivity index (χ2v) is 8.50. The van der Waals surface area contributed by atoms with E-state index in [1.165, 1.54) is 0 Å². The van der Waals surface area contributed by atoms with E-state index in [0.29, 0.717) is 42.5 Å². The zero-order valence-corrected chi connectivity index (χ0v) is 19.8. The average Bonchev–Trinajstić information content (AvgIpc) is 3.37. The predicted molar refractivity (Wildman–Crippen MR) is 139 cm³/mol. The standard InChI is InChI=1S/C28H27N5O3/c34-27(20-32-15-17-36-18-16-32)29-22-11-13-23(14-12-22)30-28(35)26-19-25(21-7-3-1-4-8-21)31-33(26)24-9-5-2-6-10-24/h1-14,19H,15-18,20H2,(H,29,34)(H,30,35). The third kappa shape index (κ3) is 5.68. The highest BCUT2D eigenvalue weighted by Crippen LogP contribution is 2.23. The lowest BCUT2D eigenvalue weighted by Crippen LogP contribution is -2.41. The van der Waals surface area contributed by atoms with Crippen molar-refractivity contribution < 1.29 is 14.3 Å². The predicted octanol–water partition coefficient (Wildman–Crippen LogP) is 4.06. The Morgan fingerprint density at radius 2 is 1.42 bits per heavy atom. The van der Waals surface area contributed by atoms with Crippen molar-refractivity contribution in [3.63, 3.8) is 0 Å². The van der Waals surface area contributed by atoms with E-state index in [4.69, 9.17) is 9.84 Å². The molecule has 2 amide bonds. The van der Waals surface area contributed by atoms with E-state index < -0.39 is 0 Å². The van der Waals surface area contributed by atoms with Crippen LogP contribution in [0.2, 0.25) is 0 Å². The molecule has 8 heteroatoms. The van der Waals surface area contributed by atoms with Crippen LogP contribution in [-0.4, -0.2) is 59.3 Å². The second-order valence-electron chi connectivity index (χ2n) is 8.50. The number of aromatic nitrogens is 2. The van der Waals surface area contributed by atoms with Gasteiger partial charge in [-0.1, -0.05) is 48.5 Å². The minimum Gasteiger partial charge on any atom is -0.379 e. The Morgan fingerprint density at radius 3 is 2.08 bits per heavy atom. The number of carbonyl (C=O) groups is 2. The fourth-order valence-corrected chi connectivity index (χ4v) is 4.05. The van der Waals surface area contributed by atoms with Gasteiger partial charge in [-0.25, -0.2) is 4.68 Å². The van der Waals surface area contributed by atoms with Gasteiger partial charge in [-0.15, -0.1) is 0 Å². The third-order valence-electron chi connectivity index (χ3n) is 5.91. The van der Waals surface area contributed by atoms with Gasteiger partial charge in [0.05, 0.1) is 31.1 Å². The number of carbonyl (C=O) groups excluding carboxylic acids is 2. The molecule has 1 aliphatic rings. The molecule has 4 aromatic rings. The van der Waals surface area contributed by atoms with E-state index >= 15 is 0 Å². The summed E-state index contributed by atoms with van der Waals surface area (Å²) in [4.78, 5) is 27.7. The van der Waals surface area contributed by atoms with Gasteiger partial charge in [-0.05, 0) is 42.5 Å². The number of anilines is 2. The van der Waals surface area contributed by atoms with Crippen LogP contribution >= 0.6 is 0 Å². The number of amides is 2. The van der Waals surface area contributed by atoms with Crippen LogP contribution in [0.3, 0.4) is 0 Å². The molecule has 36 heavy (non-hydrogen) atoms. The molecule has 0 radical (unpaired) electrons. The summed E-state index contributed by atoms with van der Waals surface area (Å²) in [6, 6.07) is 28.2. The Bertz CT molecular complexity index is 1310. The highest BCUT2D eigenvalue weighted by Gasteiger charge is 2.18. The fourth-order valence-electron chi connectivity index (χ4n) is 4.05. The SMILES string of the molecule is O=C(CN1CCOCC1)Nc1ccc(NC(=O)c2cc(-c3ccccc3)nn2-c2ccccc2)cc1. The second kappa shape index (κ2) is 11.0. The first-order chi connectivity index (χ1) is 17.7. The number of morpholine rings is 1. The molecule has 1 saturated heterocycles. The van der Waals surface area contributed by atoms with Gasteiger partial charge in [-0.2, -0.15) is 5.10 Å². The molecule has 8 nitrogen and oxygen atoms in total. The van der Waals surface area contributed by atoms with Crippen molar-refractivity contribution in [1.82, 2.24) is 14.7 Å². The quantitative estimate of drug-likeness (QED) is 0.416. The van der Waals surface area contributed by atoms with Gasteiger partial charge >= 0.3 is 0 Å². The van der Waals surface area contributed by atoms with Crippen molar-refractivity contribution in [2.24, 2.45) is 0 Å². The van der Waals surface area contributed by atoms with Crippen molar-refractivity contribution in [3.8, 4) is 16.9 Å². The van der Waals surface area contributed by atoms with Gasteiger partial charge in [0.25, 0.3) is 5.91 Å². The number of rotatable bonds is 7. The molecule has 0 unspecified atom stereocenters. The number of benzene rings is 3. The molecule has 1 aliphatic heterocycles. The normalized spacial score (nSPS) is 13.8. The Kier molecular flexibility index (Phi) is 7.16. The Labute approximate surface area is 209 Å². The van der Waals surface area contributed by atoms with Crippen molar-refractivity contribution >= 4 is 23.2 Å². The van der Waals surface area contributed by atoms with Crippen LogP contribution in [0.25, 0.3) is 16.9 Å². The van der Waals surface area contributed by atoms with Crippen LogP contribution in [0.4, 0.5) is 11.4 Å². The van der Waals surface area contributed by atoms with Crippen LogP contribution < -0.4 is 10.6 Å². The lowest BCUT2D eigenvalue weighted by Gasteiger charge is -2.25. The number of ether oxygens (including phenoxy) is 1. The molecule has 3 aromatic carbocycles. The van der Waals surface area contributed by atoms with Crippen LogP contribution in [0.1, 0.15) is 10.5 Å². The van der Waals surface area contributed by atoms with Crippen LogP contribution in [0.5, 0.6) is 0 Å². The van der Waals surface area contributed by atoms with E-state index in [-0.39, 0.29) is 11.8 Å². The average molecular weight is 482 g/mol. The molecule has 0 atom stereocenters. The first kappa shape index (κ1) is 23.5. The van der Waals surface area contributed by atoms with Gasteiger partial charge in [0.1, 0.15) is 5.69 Å². The lowest BCUT2D eigenvalue weighted by molar-refractivity contribution is -0.118. The van der Waals surface area contributed by atoms with Crippen LogP contribution in [-0.2, 0) is 9.53 Å². The molecule has 0 aliphatic carbocycles. The maximum Gasteiger partial charge on any atom is 0.274 e. The van der Waals surface area contributed by atoms with Gasteiger partial charge in [0.2, 0.25) is 5.91 Å². The maximum absolute atomic E-state index is 13.3. The van der Waals surface area contributed by atoms with Crippen LogP contribution in [0, 0.1) is 0 Å². The molecule has 182 valence electrons. The topological polar surface area (TPSA) is 88.5 Å². The highest BCUT2D eigenvalue weighted by atomic mass is 16.5. The van der Waals surface area contributed by atoms with Gasteiger partial charge in [-0.3, -0.25) is 14.5 Å². The summed E-state index contributed by atoms with van der Waals surface area (Å²) < 4.78 is 6.97. The zero-order valence-electron chi connectivity index (χ0n) is 19.8. The number of nitrogens with one attached hydrogen (secondary N) is 2. The summed E-state index contributed by atoms with van der Waals surface area (Å²) in [6.45, 7) is 3.14. The van der Waals surface area contributed by atoms with E-state index in [0.717, 1.165) is 24.3 Å². The number of hydrogen-bond donors (Lipinski definition) is 2. The third-order valence-corrected chi connectivity index (χ3v) is 5.91. The van der Waals surface area contributed by atoms with Crippen molar-refractivity contribution in [2.45, 2.75) is 0 Å². The molecule has 0 spiro atoms. The Morgan fingerprint density at radius 1 is 0.806 bits per heavy atom. The molecule has 2 heterocycles. The summed E-state index contributed by atoms with van der Waals surface area (Å²) in [6.07, 6.45) is 0. The highest BCUT2D eigenvalue weighted by molar-refractivity contribution is 6.04. The minimum absolute atomic E-state index is 0.0751. The van der Waals surface area contributed by atoms with Crippen molar-refractivity contribution in [3.05, 3.63) is 96.7 Å². The largest absolute Gasteiger partial charge is 0.379 e. The molecule has 2 N–H and O–H groups in total. The molecule has 0 bridgehead atoms. The monoisotopic (exact) mass is 481 g/mol. The van der Waals surface area contributed by atoms with E-state index in [2.05, 4.69) is 15.5 Å². The molecule has 1 fully saturated rings. The molecule has 5 rings (SSSR count). The van der Waals surface area contributed by atoms with E-state index in [9.17, 15) is 9.59 Å². The Balaban J connectivity index is 1.29. The number of hydrogen-bond acceptors (Lipinski definition) is 5. The molecular weight excluding hydrogens is 454 g/mol. The fraction of sp³-hybridized carbons (Fsp3) is 0.179. The van der Waals surface area contributed by atoms with Crippen molar-refractivity contribution in [2.75, 3.05) is 43.5 Å². The molecule has 1 aromatic heterocycles. The summed E-state index contributed by atoms with van der Waals surface area (Å²) in [5.74, 6) is -0.355. The van der Waals surface area contributed by atoms with Gasteiger partial charge in [0, 0.05) is 30.0 Å². The smallest absolute Gasteiger partial charge is 0.274 e. The first-order valence-electron chi connectivity index (χ1n) is 11.9. The summed E-state index contributed by atoms with van der Waals surface area (Å²) in [7, 11) is 0. The lowest BCUT2D eigenvalue weighted by atomic mass is 10.1. The molecular formula is C28H27N5O3. The van der Waals surface area contributed by atoms with Crippen LogP contribution in [0.15, 0.2) is 91.0 Å². The summed E-state index contributed by atoms with van der Waals surface area (Å²) in [5, 5.41) is 10.6. The molecule has 0 saturated carbocycles. The minimum atomic E-state index is -0.280. The van der Waals surface area contributed by atoms with Gasteiger partial charge in [0.15, 0.2) is 0 Å². The Hall–Kier alpha value is -4.27.